The fraction of sp³-hybridized carbons (Fsp3) is 0.778. The molecule has 1 heterocycles. The van der Waals surface area contributed by atoms with Crippen molar-refractivity contribution in [3.8, 4) is 0 Å². The standard InChI is InChI=1S/C9H16O3S/c1-4-8(10)7-5-6-13(11,12)9(7,2)3/h4,7-8,10H,1,5-6H2,2-3H3. The van der Waals surface area contributed by atoms with Crippen molar-refractivity contribution < 1.29 is 13.5 Å². The first-order valence-corrected chi connectivity index (χ1v) is 6.01. The molecule has 0 saturated carbocycles. The van der Waals surface area contributed by atoms with E-state index >= 15 is 0 Å². The number of aliphatic hydroxyl groups excluding tert-OH is 1. The highest BCUT2D eigenvalue weighted by molar-refractivity contribution is 7.93. The minimum atomic E-state index is -3.04. The van der Waals surface area contributed by atoms with Crippen LogP contribution in [0, 0.1) is 5.92 Å². The van der Waals surface area contributed by atoms with Crippen molar-refractivity contribution in [2.75, 3.05) is 5.75 Å². The number of hydrogen-bond donors (Lipinski definition) is 1. The van der Waals surface area contributed by atoms with Gasteiger partial charge >= 0.3 is 0 Å². The highest BCUT2D eigenvalue weighted by Crippen LogP contribution is 2.39. The van der Waals surface area contributed by atoms with Crippen molar-refractivity contribution >= 4 is 9.84 Å². The molecule has 76 valence electrons. The van der Waals surface area contributed by atoms with Crippen LogP contribution in [0.3, 0.4) is 0 Å². The van der Waals surface area contributed by atoms with Crippen LogP contribution in [-0.4, -0.2) is 30.1 Å². The van der Waals surface area contributed by atoms with Crippen LogP contribution in [0.4, 0.5) is 0 Å². The van der Waals surface area contributed by atoms with E-state index < -0.39 is 20.7 Å². The highest BCUT2D eigenvalue weighted by atomic mass is 32.2. The van der Waals surface area contributed by atoms with E-state index in [1.54, 1.807) is 13.8 Å². The Kier molecular flexibility index (Phi) is 2.56. The van der Waals surface area contributed by atoms with Gasteiger partial charge < -0.3 is 5.11 Å². The van der Waals surface area contributed by atoms with Crippen LogP contribution in [0.5, 0.6) is 0 Å². The monoisotopic (exact) mass is 204 g/mol. The Morgan fingerprint density at radius 1 is 1.62 bits per heavy atom. The second-order valence-corrected chi connectivity index (χ2v) is 6.73. The van der Waals surface area contributed by atoms with Crippen molar-refractivity contribution in [2.24, 2.45) is 5.92 Å². The molecule has 3 nitrogen and oxygen atoms in total. The largest absolute Gasteiger partial charge is 0.389 e. The summed E-state index contributed by atoms with van der Waals surface area (Å²) in [5.41, 5.74) is 0. The lowest BCUT2D eigenvalue weighted by atomic mass is 9.88. The molecular weight excluding hydrogens is 188 g/mol. The average molecular weight is 204 g/mol. The summed E-state index contributed by atoms with van der Waals surface area (Å²) < 4.78 is 22.3. The molecule has 4 heteroatoms. The zero-order valence-corrected chi connectivity index (χ0v) is 8.84. The van der Waals surface area contributed by atoms with E-state index in [-0.39, 0.29) is 11.7 Å². The lowest BCUT2D eigenvalue weighted by molar-refractivity contribution is 0.135. The van der Waals surface area contributed by atoms with Crippen LogP contribution in [0.1, 0.15) is 20.3 Å². The Balaban J connectivity index is 3.01. The molecule has 1 saturated heterocycles. The number of sulfone groups is 1. The van der Waals surface area contributed by atoms with E-state index in [0.29, 0.717) is 6.42 Å². The van der Waals surface area contributed by atoms with Crippen molar-refractivity contribution in [3.05, 3.63) is 12.7 Å². The summed E-state index contributed by atoms with van der Waals surface area (Å²) in [4.78, 5) is 0. The van der Waals surface area contributed by atoms with Crippen LogP contribution >= 0.6 is 0 Å². The van der Waals surface area contributed by atoms with Crippen molar-refractivity contribution in [2.45, 2.75) is 31.1 Å². The van der Waals surface area contributed by atoms with Gasteiger partial charge in [0.15, 0.2) is 9.84 Å². The fourth-order valence-electron chi connectivity index (χ4n) is 1.87. The fourth-order valence-corrected chi connectivity index (χ4v) is 3.68. The van der Waals surface area contributed by atoms with Crippen LogP contribution in [0.2, 0.25) is 0 Å². The van der Waals surface area contributed by atoms with Gasteiger partial charge in [-0.25, -0.2) is 8.42 Å². The van der Waals surface area contributed by atoms with Gasteiger partial charge in [-0.1, -0.05) is 6.08 Å². The lowest BCUT2D eigenvalue weighted by Crippen LogP contribution is -2.38. The Morgan fingerprint density at radius 3 is 2.46 bits per heavy atom. The molecular formula is C9H16O3S. The Morgan fingerprint density at radius 2 is 2.15 bits per heavy atom. The Bertz CT molecular complexity index is 303. The Labute approximate surface area is 79.4 Å². The zero-order chi connectivity index (χ0) is 10.3. The second kappa shape index (κ2) is 3.10. The molecule has 2 atom stereocenters. The van der Waals surface area contributed by atoms with Crippen molar-refractivity contribution in [1.29, 1.82) is 0 Å². The van der Waals surface area contributed by atoms with E-state index in [4.69, 9.17) is 0 Å². The summed E-state index contributed by atoms with van der Waals surface area (Å²) in [5, 5.41) is 9.54. The lowest BCUT2D eigenvalue weighted by Gasteiger charge is -2.27. The molecule has 1 aliphatic heterocycles. The SMILES string of the molecule is C=CC(O)C1CCS(=O)(=O)C1(C)C. The molecule has 13 heavy (non-hydrogen) atoms. The van der Waals surface area contributed by atoms with Gasteiger partial charge in [0.2, 0.25) is 0 Å². The predicted molar refractivity (Wildman–Crippen MR) is 52.2 cm³/mol. The van der Waals surface area contributed by atoms with Crippen LogP contribution in [0.25, 0.3) is 0 Å². The summed E-state index contributed by atoms with van der Waals surface area (Å²) in [6.45, 7) is 6.82. The summed E-state index contributed by atoms with van der Waals surface area (Å²) in [7, 11) is -3.04. The predicted octanol–water partition coefficient (Wildman–Crippen LogP) is 0.747. The highest BCUT2D eigenvalue weighted by Gasteiger charge is 2.49. The summed E-state index contributed by atoms with van der Waals surface area (Å²) in [6.07, 6.45) is 1.22. The first kappa shape index (κ1) is 10.7. The quantitative estimate of drug-likeness (QED) is 0.675. The van der Waals surface area contributed by atoms with Gasteiger partial charge in [-0.05, 0) is 20.3 Å². The summed E-state index contributed by atoms with van der Waals surface area (Å²) in [6, 6.07) is 0. The minimum Gasteiger partial charge on any atom is -0.389 e. The van der Waals surface area contributed by atoms with E-state index in [0.717, 1.165) is 0 Å². The molecule has 0 aromatic heterocycles. The summed E-state index contributed by atoms with van der Waals surface area (Å²) >= 11 is 0. The third-order valence-electron chi connectivity index (χ3n) is 3.05. The molecule has 0 aromatic carbocycles. The molecule has 0 radical (unpaired) electrons. The first-order valence-electron chi connectivity index (χ1n) is 4.36. The van der Waals surface area contributed by atoms with Gasteiger partial charge in [0.25, 0.3) is 0 Å². The van der Waals surface area contributed by atoms with Gasteiger partial charge in [0.05, 0.1) is 16.6 Å². The molecule has 2 unspecified atom stereocenters. The molecule has 1 fully saturated rings. The molecule has 1 aliphatic rings. The summed E-state index contributed by atoms with van der Waals surface area (Å²) in [5.74, 6) is -0.0368. The smallest absolute Gasteiger partial charge is 0.155 e. The van der Waals surface area contributed by atoms with E-state index in [9.17, 15) is 13.5 Å². The molecule has 0 aromatic rings. The molecule has 0 amide bonds. The molecule has 0 bridgehead atoms. The van der Waals surface area contributed by atoms with Crippen LogP contribution in [-0.2, 0) is 9.84 Å². The van der Waals surface area contributed by atoms with Crippen LogP contribution in [0.15, 0.2) is 12.7 Å². The van der Waals surface area contributed by atoms with Crippen LogP contribution < -0.4 is 0 Å². The van der Waals surface area contributed by atoms with Gasteiger partial charge in [0.1, 0.15) is 0 Å². The third-order valence-corrected chi connectivity index (χ3v) is 5.72. The maximum atomic E-state index is 11.6. The number of rotatable bonds is 2. The maximum Gasteiger partial charge on any atom is 0.155 e. The number of aliphatic hydroxyl groups is 1. The van der Waals surface area contributed by atoms with Crippen molar-refractivity contribution in [1.82, 2.24) is 0 Å². The average Bonchev–Trinajstić information content (AvgIpc) is 2.22. The van der Waals surface area contributed by atoms with E-state index in [1.807, 2.05) is 0 Å². The Hall–Kier alpha value is -0.350. The van der Waals surface area contributed by atoms with E-state index in [2.05, 4.69) is 6.58 Å². The molecule has 1 rings (SSSR count). The zero-order valence-electron chi connectivity index (χ0n) is 8.03. The number of hydrogen-bond acceptors (Lipinski definition) is 3. The normalized spacial score (nSPS) is 32.7. The van der Waals surface area contributed by atoms with Crippen molar-refractivity contribution in [3.63, 3.8) is 0 Å². The van der Waals surface area contributed by atoms with Gasteiger partial charge in [0, 0.05) is 5.92 Å². The topological polar surface area (TPSA) is 54.4 Å². The van der Waals surface area contributed by atoms with Gasteiger partial charge in [-0.2, -0.15) is 0 Å². The molecule has 1 N–H and O–H groups in total. The second-order valence-electron chi connectivity index (χ2n) is 4.04. The maximum absolute atomic E-state index is 11.6. The van der Waals surface area contributed by atoms with Gasteiger partial charge in [-0.15, -0.1) is 6.58 Å². The third kappa shape index (κ3) is 1.53. The molecule has 0 spiro atoms. The molecule has 0 aliphatic carbocycles. The van der Waals surface area contributed by atoms with E-state index in [1.165, 1.54) is 6.08 Å². The first-order chi connectivity index (χ1) is 5.83. The van der Waals surface area contributed by atoms with Gasteiger partial charge in [-0.3, -0.25) is 0 Å². The minimum absolute atomic E-state index is 0.176.